The number of imidazole rings is 1. The number of halogens is 1. The van der Waals surface area contributed by atoms with Gasteiger partial charge in [-0.2, -0.15) is 5.26 Å². The SMILES string of the molecule is N#CC(C(=O)c1cccc(I)c1)c1nc2ccccc2[nH]1. The Kier molecular flexibility index (Phi) is 3.71. The van der Waals surface area contributed by atoms with Gasteiger partial charge in [-0.3, -0.25) is 4.79 Å². The molecule has 1 atom stereocenters. The molecule has 0 aliphatic rings. The smallest absolute Gasteiger partial charge is 0.187 e. The molecule has 1 N–H and O–H groups in total. The molecule has 0 spiro atoms. The van der Waals surface area contributed by atoms with Crippen molar-refractivity contribution in [3.8, 4) is 6.07 Å². The van der Waals surface area contributed by atoms with Crippen LogP contribution < -0.4 is 0 Å². The fourth-order valence-corrected chi connectivity index (χ4v) is 2.70. The normalized spacial score (nSPS) is 12.0. The number of Topliss-reactive ketones (excluding diaryl/α,β-unsaturated/α-hetero) is 1. The van der Waals surface area contributed by atoms with Crippen molar-refractivity contribution in [1.29, 1.82) is 5.26 Å². The number of aromatic nitrogens is 2. The molecule has 0 bridgehead atoms. The van der Waals surface area contributed by atoms with Gasteiger partial charge in [-0.1, -0.05) is 24.3 Å². The van der Waals surface area contributed by atoms with Gasteiger partial charge in [-0.15, -0.1) is 0 Å². The van der Waals surface area contributed by atoms with Gasteiger partial charge in [-0.25, -0.2) is 4.98 Å². The van der Waals surface area contributed by atoms with E-state index in [1.165, 1.54) is 0 Å². The molecule has 0 radical (unpaired) electrons. The van der Waals surface area contributed by atoms with Crippen LogP contribution in [-0.4, -0.2) is 15.8 Å². The minimum Gasteiger partial charge on any atom is -0.340 e. The number of hydrogen-bond acceptors (Lipinski definition) is 3. The maximum absolute atomic E-state index is 12.5. The van der Waals surface area contributed by atoms with Crippen molar-refractivity contribution in [2.45, 2.75) is 5.92 Å². The van der Waals surface area contributed by atoms with Crippen LogP contribution in [-0.2, 0) is 0 Å². The van der Waals surface area contributed by atoms with Crippen LogP contribution in [0.1, 0.15) is 22.1 Å². The predicted octanol–water partition coefficient (Wildman–Crippen LogP) is 3.66. The Bertz CT molecular complexity index is 830. The Morgan fingerprint density at radius 1 is 1.24 bits per heavy atom. The minimum atomic E-state index is -0.921. The maximum Gasteiger partial charge on any atom is 0.187 e. The van der Waals surface area contributed by atoms with Crippen molar-refractivity contribution in [1.82, 2.24) is 9.97 Å². The van der Waals surface area contributed by atoms with Crippen LogP contribution in [0.3, 0.4) is 0 Å². The van der Waals surface area contributed by atoms with E-state index >= 15 is 0 Å². The zero-order chi connectivity index (χ0) is 14.8. The molecule has 1 aromatic heterocycles. The molecule has 3 aromatic rings. The third-order valence-corrected chi connectivity index (χ3v) is 3.85. The highest BCUT2D eigenvalue weighted by molar-refractivity contribution is 14.1. The van der Waals surface area contributed by atoms with Gasteiger partial charge >= 0.3 is 0 Å². The second-order valence-electron chi connectivity index (χ2n) is 4.58. The van der Waals surface area contributed by atoms with Crippen molar-refractivity contribution in [3.05, 3.63) is 63.5 Å². The van der Waals surface area contributed by atoms with E-state index in [0.717, 1.165) is 14.6 Å². The molecule has 0 amide bonds. The number of aromatic amines is 1. The summed E-state index contributed by atoms with van der Waals surface area (Å²) >= 11 is 2.14. The largest absolute Gasteiger partial charge is 0.340 e. The first-order chi connectivity index (χ1) is 10.2. The summed E-state index contributed by atoms with van der Waals surface area (Å²) in [6.07, 6.45) is 0. The molecule has 102 valence electrons. The number of nitriles is 1. The highest BCUT2D eigenvalue weighted by Crippen LogP contribution is 2.22. The number of ketones is 1. The second-order valence-corrected chi connectivity index (χ2v) is 5.82. The number of rotatable bonds is 3. The average Bonchev–Trinajstić information content (AvgIpc) is 2.91. The Morgan fingerprint density at radius 2 is 2.05 bits per heavy atom. The van der Waals surface area contributed by atoms with Gasteiger partial charge in [-0.05, 0) is 46.9 Å². The van der Waals surface area contributed by atoms with Gasteiger partial charge in [0.05, 0.1) is 17.1 Å². The molecule has 1 heterocycles. The van der Waals surface area contributed by atoms with Crippen LogP contribution >= 0.6 is 22.6 Å². The fraction of sp³-hybridized carbons (Fsp3) is 0.0625. The predicted molar refractivity (Wildman–Crippen MR) is 87.9 cm³/mol. The second kappa shape index (κ2) is 5.66. The average molecular weight is 387 g/mol. The lowest BCUT2D eigenvalue weighted by Crippen LogP contribution is -2.12. The lowest BCUT2D eigenvalue weighted by Gasteiger charge is -2.05. The number of H-pyrrole nitrogens is 1. The third-order valence-electron chi connectivity index (χ3n) is 3.18. The zero-order valence-corrected chi connectivity index (χ0v) is 13.0. The van der Waals surface area contributed by atoms with E-state index in [1.807, 2.05) is 36.4 Å². The van der Waals surface area contributed by atoms with Gasteiger partial charge in [0, 0.05) is 9.13 Å². The number of carbonyl (C=O) groups excluding carboxylic acids is 1. The molecule has 0 aliphatic heterocycles. The topological polar surface area (TPSA) is 69.5 Å². The monoisotopic (exact) mass is 387 g/mol. The summed E-state index contributed by atoms with van der Waals surface area (Å²) < 4.78 is 0.958. The summed E-state index contributed by atoms with van der Waals surface area (Å²) in [5.74, 6) is -0.770. The highest BCUT2D eigenvalue weighted by atomic mass is 127. The molecule has 5 heteroatoms. The number of hydrogen-bond donors (Lipinski definition) is 1. The van der Waals surface area contributed by atoms with Crippen LogP contribution in [0.5, 0.6) is 0 Å². The molecule has 2 aromatic carbocycles. The van der Waals surface area contributed by atoms with Crippen molar-refractivity contribution >= 4 is 39.4 Å². The van der Waals surface area contributed by atoms with Crippen LogP contribution in [0.25, 0.3) is 11.0 Å². The summed E-state index contributed by atoms with van der Waals surface area (Å²) in [6.45, 7) is 0. The van der Waals surface area contributed by atoms with E-state index in [0.29, 0.717) is 11.4 Å². The third kappa shape index (κ3) is 2.67. The number of fused-ring (bicyclic) bond motifs is 1. The van der Waals surface area contributed by atoms with Gasteiger partial charge < -0.3 is 4.98 Å². The van der Waals surface area contributed by atoms with E-state index in [9.17, 15) is 10.1 Å². The molecule has 4 nitrogen and oxygen atoms in total. The first-order valence-corrected chi connectivity index (χ1v) is 7.41. The van der Waals surface area contributed by atoms with E-state index in [-0.39, 0.29) is 5.78 Å². The van der Waals surface area contributed by atoms with Crippen molar-refractivity contribution < 1.29 is 4.79 Å². The van der Waals surface area contributed by atoms with Gasteiger partial charge in [0.1, 0.15) is 5.82 Å². The van der Waals surface area contributed by atoms with E-state index in [4.69, 9.17) is 0 Å². The van der Waals surface area contributed by atoms with Gasteiger partial charge in [0.2, 0.25) is 0 Å². The fourth-order valence-electron chi connectivity index (χ4n) is 2.16. The Hall–Kier alpha value is -2.20. The van der Waals surface area contributed by atoms with Crippen LogP contribution in [0.4, 0.5) is 0 Å². The number of para-hydroxylation sites is 2. The Labute approximate surface area is 135 Å². The number of carbonyl (C=O) groups is 1. The first-order valence-electron chi connectivity index (χ1n) is 6.33. The van der Waals surface area contributed by atoms with E-state index in [2.05, 4.69) is 38.6 Å². The highest BCUT2D eigenvalue weighted by Gasteiger charge is 2.25. The van der Waals surface area contributed by atoms with Crippen molar-refractivity contribution in [3.63, 3.8) is 0 Å². The summed E-state index contributed by atoms with van der Waals surface area (Å²) in [4.78, 5) is 19.9. The van der Waals surface area contributed by atoms with Crippen LogP contribution in [0.15, 0.2) is 48.5 Å². The van der Waals surface area contributed by atoms with Crippen LogP contribution in [0, 0.1) is 14.9 Å². The molecular weight excluding hydrogens is 377 g/mol. The quantitative estimate of drug-likeness (QED) is 0.551. The van der Waals surface area contributed by atoms with E-state index in [1.54, 1.807) is 12.1 Å². The molecule has 21 heavy (non-hydrogen) atoms. The summed E-state index contributed by atoms with van der Waals surface area (Å²) in [5.41, 5.74) is 2.10. The summed E-state index contributed by atoms with van der Waals surface area (Å²) in [7, 11) is 0. The van der Waals surface area contributed by atoms with Crippen molar-refractivity contribution in [2.24, 2.45) is 0 Å². The van der Waals surface area contributed by atoms with Gasteiger partial charge in [0.15, 0.2) is 11.7 Å². The molecule has 3 rings (SSSR count). The molecule has 0 saturated carbocycles. The van der Waals surface area contributed by atoms with Crippen LogP contribution in [0.2, 0.25) is 0 Å². The molecule has 0 fully saturated rings. The number of nitrogens with zero attached hydrogens (tertiary/aromatic N) is 2. The summed E-state index contributed by atoms with van der Waals surface area (Å²) in [6, 6.07) is 16.7. The van der Waals surface area contributed by atoms with Gasteiger partial charge in [0.25, 0.3) is 0 Å². The first kappa shape index (κ1) is 13.8. The zero-order valence-electron chi connectivity index (χ0n) is 10.9. The molecule has 0 aliphatic carbocycles. The minimum absolute atomic E-state index is 0.241. The standard InChI is InChI=1S/C16H10IN3O/c17-11-5-3-4-10(8-11)15(21)12(9-18)16-19-13-6-1-2-7-14(13)20-16/h1-8,12H,(H,19,20). The molecule has 0 saturated heterocycles. The Morgan fingerprint density at radius 3 is 2.76 bits per heavy atom. The Balaban J connectivity index is 2.02. The summed E-state index contributed by atoms with van der Waals surface area (Å²) in [5, 5.41) is 9.37. The molecular formula is C16H10IN3O. The van der Waals surface area contributed by atoms with E-state index < -0.39 is 5.92 Å². The maximum atomic E-state index is 12.5. The number of nitrogens with one attached hydrogen (secondary N) is 1. The lowest BCUT2D eigenvalue weighted by atomic mass is 9.98. The number of benzene rings is 2. The van der Waals surface area contributed by atoms with Crippen molar-refractivity contribution in [2.75, 3.05) is 0 Å². The molecule has 1 unspecified atom stereocenters. The lowest BCUT2D eigenvalue weighted by molar-refractivity contribution is 0.0976.